The number of esters is 1. The van der Waals surface area contributed by atoms with Crippen LogP contribution in [-0.2, 0) is 9.53 Å². The zero-order valence-electron chi connectivity index (χ0n) is 10.8. The van der Waals surface area contributed by atoms with E-state index in [2.05, 4.69) is 0 Å². The summed E-state index contributed by atoms with van der Waals surface area (Å²) in [4.78, 5) is 11.4. The van der Waals surface area contributed by atoms with Crippen LogP contribution in [-0.4, -0.2) is 25.8 Å². The highest BCUT2D eigenvalue weighted by Gasteiger charge is 2.21. The van der Waals surface area contributed by atoms with E-state index in [1.54, 1.807) is 6.92 Å². The van der Waals surface area contributed by atoms with Gasteiger partial charge in [0.1, 0.15) is 13.2 Å². The lowest BCUT2D eigenvalue weighted by molar-refractivity contribution is -0.143. The van der Waals surface area contributed by atoms with E-state index in [-0.39, 0.29) is 24.8 Å². The number of carbonyl (C=O) groups is 1. The summed E-state index contributed by atoms with van der Waals surface area (Å²) in [5.41, 5.74) is 6.79. The molecule has 106 valence electrons. The molecule has 19 heavy (non-hydrogen) atoms. The Morgan fingerprint density at radius 3 is 2.89 bits per heavy atom. The zero-order valence-corrected chi connectivity index (χ0v) is 11.6. The van der Waals surface area contributed by atoms with Crippen molar-refractivity contribution >= 4 is 18.4 Å². The van der Waals surface area contributed by atoms with Gasteiger partial charge in [-0.2, -0.15) is 0 Å². The lowest BCUT2D eigenvalue weighted by Crippen LogP contribution is -2.21. The maximum atomic E-state index is 11.4. The maximum absolute atomic E-state index is 11.4. The summed E-state index contributed by atoms with van der Waals surface area (Å²) in [5, 5.41) is 0. The summed E-state index contributed by atoms with van der Waals surface area (Å²) in [5.74, 6) is 1.01. The molecule has 1 aliphatic heterocycles. The van der Waals surface area contributed by atoms with Crippen LogP contribution in [0.1, 0.15) is 24.9 Å². The van der Waals surface area contributed by atoms with E-state index in [1.165, 1.54) is 0 Å². The summed E-state index contributed by atoms with van der Waals surface area (Å²) in [6, 6.07) is 5.07. The highest BCUT2D eigenvalue weighted by molar-refractivity contribution is 5.85. The van der Waals surface area contributed by atoms with Crippen molar-refractivity contribution in [2.75, 3.05) is 19.8 Å². The summed E-state index contributed by atoms with van der Waals surface area (Å²) in [7, 11) is 0. The van der Waals surface area contributed by atoms with Crippen molar-refractivity contribution in [2.45, 2.75) is 19.4 Å². The molecule has 0 aromatic heterocycles. The quantitative estimate of drug-likeness (QED) is 0.856. The fraction of sp³-hybridized carbons (Fsp3) is 0.462. The van der Waals surface area contributed by atoms with Crippen LogP contribution in [0.2, 0.25) is 0 Å². The Labute approximate surface area is 118 Å². The molecular formula is C13H18ClNO4. The molecule has 0 fully saturated rings. The SMILES string of the molecule is CCOC(=O)C[C@H](N)c1cccc2c1OCCO2.Cl. The number of ether oxygens (including phenoxy) is 3. The Hall–Kier alpha value is -1.46. The monoisotopic (exact) mass is 287 g/mol. The lowest BCUT2D eigenvalue weighted by atomic mass is 10.0. The molecule has 0 amide bonds. The van der Waals surface area contributed by atoms with Crippen molar-refractivity contribution < 1.29 is 19.0 Å². The average Bonchev–Trinajstić information content (AvgIpc) is 2.38. The van der Waals surface area contributed by atoms with Crippen molar-refractivity contribution in [1.82, 2.24) is 0 Å². The number of benzene rings is 1. The number of rotatable bonds is 4. The number of nitrogens with two attached hydrogens (primary N) is 1. The van der Waals surface area contributed by atoms with Crippen LogP contribution >= 0.6 is 12.4 Å². The van der Waals surface area contributed by atoms with Gasteiger partial charge in [0.15, 0.2) is 11.5 Å². The second kappa shape index (κ2) is 7.21. The molecule has 2 N–H and O–H groups in total. The zero-order chi connectivity index (χ0) is 13.0. The fourth-order valence-corrected chi connectivity index (χ4v) is 1.90. The van der Waals surface area contributed by atoms with Gasteiger partial charge in [-0.3, -0.25) is 4.79 Å². The van der Waals surface area contributed by atoms with Crippen LogP contribution in [0.15, 0.2) is 18.2 Å². The van der Waals surface area contributed by atoms with Crippen molar-refractivity contribution in [3.8, 4) is 11.5 Å². The second-order valence-electron chi connectivity index (χ2n) is 3.99. The van der Waals surface area contributed by atoms with Gasteiger partial charge in [0.05, 0.1) is 13.0 Å². The number of halogens is 1. The predicted octanol–water partition coefficient (Wildman–Crippen LogP) is 1.83. The number of hydrogen-bond acceptors (Lipinski definition) is 5. The van der Waals surface area contributed by atoms with Crippen LogP contribution in [0.5, 0.6) is 11.5 Å². The van der Waals surface area contributed by atoms with Crippen LogP contribution < -0.4 is 15.2 Å². The van der Waals surface area contributed by atoms with Gasteiger partial charge in [-0.15, -0.1) is 12.4 Å². The molecule has 5 nitrogen and oxygen atoms in total. The highest BCUT2D eigenvalue weighted by Crippen LogP contribution is 2.37. The van der Waals surface area contributed by atoms with Crippen LogP contribution in [0, 0.1) is 0 Å². The first-order chi connectivity index (χ1) is 8.72. The molecular weight excluding hydrogens is 270 g/mol. The Kier molecular flexibility index (Phi) is 5.92. The molecule has 0 unspecified atom stereocenters. The van der Waals surface area contributed by atoms with Gasteiger partial charge in [0.25, 0.3) is 0 Å². The highest BCUT2D eigenvalue weighted by atomic mass is 35.5. The topological polar surface area (TPSA) is 70.8 Å². The van der Waals surface area contributed by atoms with E-state index in [1.807, 2.05) is 18.2 Å². The van der Waals surface area contributed by atoms with Crippen LogP contribution in [0.3, 0.4) is 0 Å². The van der Waals surface area contributed by atoms with Gasteiger partial charge in [0, 0.05) is 11.6 Å². The Morgan fingerprint density at radius 1 is 1.42 bits per heavy atom. The first-order valence-corrected chi connectivity index (χ1v) is 6.02. The molecule has 0 saturated carbocycles. The molecule has 1 aromatic carbocycles. The van der Waals surface area contributed by atoms with E-state index in [0.717, 1.165) is 5.56 Å². The minimum atomic E-state index is -0.444. The van der Waals surface area contributed by atoms with Crippen molar-refractivity contribution in [3.63, 3.8) is 0 Å². The number of hydrogen-bond donors (Lipinski definition) is 1. The molecule has 1 aliphatic rings. The molecule has 0 aliphatic carbocycles. The first kappa shape index (κ1) is 15.6. The minimum absolute atomic E-state index is 0. The Bertz CT molecular complexity index is 439. The standard InChI is InChI=1S/C13H17NO4.ClH/c1-2-16-12(15)8-10(14)9-4-3-5-11-13(9)18-7-6-17-11;/h3-5,10H,2,6-8,14H2,1H3;1H/t10-;/m0./s1. The van der Waals surface area contributed by atoms with Gasteiger partial charge in [-0.25, -0.2) is 0 Å². The van der Waals surface area contributed by atoms with Crippen molar-refractivity contribution in [1.29, 1.82) is 0 Å². The predicted molar refractivity (Wildman–Crippen MR) is 72.9 cm³/mol. The summed E-state index contributed by atoms with van der Waals surface area (Å²) in [6.07, 6.45) is 0.133. The van der Waals surface area contributed by atoms with Crippen molar-refractivity contribution in [2.24, 2.45) is 5.73 Å². The third kappa shape index (κ3) is 3.75. The molecule has 6 heteroatoms. The molecule has 0 spiro atoms. The second-order valence-corrected chi connectivity index (χ2v) is 3.99. The third-order valence-corrected chi connectivity index (χ3v) is 2.69. The largest absolute Gasteiger partial charge is 0.486 e. The molecule has 0 radical (unpaired) electrons. The molecule has 1 heterocycles. The Morgan fingerprint density at radius 2 is 2.16 bits per heavy atom. The first-order valence-electron chi connectivity index (χ1n) is 6.02. The Balaban J connectivity index is 0.00000180. The smallest absolute Gasteiger partial charge is 0.307 e. The summed E-state index contributed by atoms with van der Waals surface area (Å²) < 4.78 is 15.9. The van der Waals surface area contributed by atoms with E-state index in [9.17, 15) is 4.79 Å². The molecule has 1 atom stereocenters. The molecule has 1 aromatic rings. The lowest BCUT2D eigenvalue weighted by Gasteiger charge is -2.23. The normalized spacial score (nSPS) is 14.2. The van der Waals surface area contributed by atoms with Gasteiger partial charge >= 0.3 is 5.97 Å². The number of fused-ring (bicyclic) bond motifs is 1. The van der Waals surface area contributed by atoms with E-state index >= 15 is 0 Å². The number of para-hydroxylation sites is 1. The van der Waals surface area contributed by atoms with Crippen LogP contribution in [0.4, 0.5) is 0 Å². The van der Waals surface area contributed by atoms with E-state index in [0.29, 0.717) is 31.3 Å². The summed E-state index contributed by atoms with van der Waals surface area (Å²) >= 11 is 0. The van der Waals surface area contributed by atoms with Crippen molar-refractivity contribution in [3.05, 3.63) is 23.8 Å². The van der Waals surface area contributed by atoms with Crippen LogP contribution in [0.25, 0.3) is 0 Å². The van der Waals surface area contributed by atoms with E-state index < -0.39 is 6.04 Å². The third-order valence-electron chi connectivity index (χ3n) is 2.69. The maximum Gasteiger partial charge on any atom is 0.307 e. The van der Waals surface area contributed by atoms with Gasteiger partial charge in [-0.1, -0.05) is 12.1 Å². The summed E-state index contributed by atoms with van der Waals surface area (Å²) in [6.45, 7) is 3.16. The van der Waals surface area contributed by atoms with Gasteiger partial charge in [-0.05, 0) is 13.0 Å². The van der Waals surface area contributed by atoms with Gasteiger partial charge < -0.3 is 19.9 Å². The minimum Gasteiger partial charge on any atom is -0.486 e. The fourth-order valence-electron chi connectivity index (χ4n) is 1.90. The molecule has 0 saturated heterocycles. The average molecular weight is 288 g/mol. The molecule has 2 rings (SSSR count). The van der Waals surface area contributed by atoms with E-state index in [4.69, 9.17) is 19.9 Å². The van der Waals surface area contributed by atoms with Gasteiger partial charge in [0.2, 0.25) is 0 Å². The molecule has 0 bridgehead atoms. The number of carbonyl (C=O) groups excluding carboxylic acids is 1.